The number of hydrogen-bond acceptors (Lipinski definition) is 6. The molecule has 1 amide bonds. The van der Waals surface area contributed by atoms with E-state index in [0.29, 0.717) is 11.7 Å². The molecule has 1 heterocycles. The van der Waals surface area contributed by atoms with Gasteiger partial charge in [-0.2, -0.15) is 0 Å². The van der Waals surface area contributed by atoms with Crippen LogP contribution in [0.1, 0.15) is 18.4 Å². The van der Waals surface area contributed by atoms with Crippen LogP contribution < -0.4 is 14.8 Å². The predicted octanol–water partition coefficient (Wildman–Crippen LogP) is 3.51. The van der Waals surface area contributed by atoms with Gasteiger partial charge in [0.2, 0.25) is 5.91 Å². The van der Waals surface area contributed by atoms with Crippen LogP contribution in [0.5, 0.6) is 11.5 Å². The van der Waals surface area contributed by atoms with Gasteiger partial charge in [-0.05, 0) is 68.1 Å². The van der Waals surface area contributed by atoms with Crippen molar-refractivity contribution in [2.75, 3.05) is 39.2 Å². The van der Waals surface area contributed by atoms with Gasteiger partial charge in [0.15, 0.2) is 0 Å². The van der Waals surface area contributed by atoms with Crippen LogP contribution in [-0.4, -0.2) is 49.6 Å². The normalized spacial score (nSPS) is 14.9. The number of nitro groups is 1. The molecular formula is C22H27N3O5. The number of carbonyl (C=O) groups excluding carboxylic acids is 1. The van der Waals surface area contributed by atoms with Crippen molar-refractivity contribution in [3.05, 3.63) is 58.1 Å². The summed E-state index contributed by atoms with van der Waals surface area (Å²) >= 11 is 0. The third-order valence-electron chi connectivity index (χ3n) is 5.43. The molecule has 1 saturated heterocycles. The SMILES string of the molecule is COc1ccc(CC2CCN(CC(=O)Nc3ccc(OC)cc3[N+](=O)[O-])CC2)cc1. The number of hydrogen-bond donors (Lipinski definition) is 1. The maximum absolute atomic E-state index is 12.4. The lowest BCUT2D eigenvalue weighted by molar-refractivity contribution is -0.384. The zero-order valence-corrected chi connectivity index (χ0v) is 17.3. The van der Waals surface area contributed by atoms with E-state index in [-0.39, 0.29) is 23.8 Å². The smallest absolute Gasteiger partial charge is 0.296 e. The van der Waals surface area contributed by atoms with Gasteiger partial charge in [-0.3, -0.25) is 19.8 Å². The maximum Gasteiger partial charge on any atom is 0.296 e. The lowest BCUT2D eigenvalue weighted by Crippen LogP contribution is -2.39. The number of rotatable bonds is 8. The van der Waals surface area contributed by atoms with Crippen molar-refractivity contribution in [2.24, 2.45) is 5.92 Å². The van der Waals surface area contributed by atoms with Crippen LogP contribution in [-0.2, 0) is 11.2 Å². The Labute approximate surface area is 175 Å². The number of piperidine rings is 1. The minimum atomic E-state index is -0.525. The van der Waals surface area contributed by atoms with Crippen LogP contribution in [0.2, 0.25) is 0 Å². The molecule has 2 aromatic carbocycles. The van der Waals surface area contributed by atoms with Gasteiger partial charge in [0.25, 0.3) is 5.69 Å². The van der Waals surface area contributed by atoms with Crippen molar-refractivity contribution in [1.29, 1.82) is 0 Å². The predicted molar refractivity (Wildman–Crippen MR) is 114 cm³/mol. The average molecular weight is 413 g/mol. The maximum atomic E-state index is 12.4. The number of methoxy groups -OCH3 is 2. The molecule has 1 aliphatic heterocycles. The number of amides is 1. The Balaban J connectivity index is 1.49. The summed E-state index contributed by atoms with van der Waals surface area (Å²) in [5.41, 5.74) is 1.29. The second-order valence-corrected chi connectivity index (χ2v) is 7.46. The molecule has 2 aromatic rings. The van der Waals surface area contributed by atoms with Gasteiger partial charge in [0.05, 0.1) is 31.8 Å². The fraction of sp³-hybridized carbons (Fsp3) is 0.409. The van der Waals surface area contributed by atoms with Crippen LogP contribution in [0.3, 0.4) is 0 Å². The molecule has 30 heavy (non-hydrogen) atoms. The Bertz CT molecular complexity index is 877. The summed E-state index contributed by atoms with van der Waals surface area (Å²) in [6, 6.07) is 12.5. The lowest BCUT2D eigenvalue weighted by atomic mass is 9.90. The molecule has 8 heteroatoms. The summed E-state index contributed by atoms with van der Waals surface area (Å²) in [6.45, 7) is 1.89. The van der Waals surface area contributed by atoms with E-state index in [1.54, 1.807) is 13.2 Å². The van der Waals surface area contributed by atoms with E-state index < -0.39 is 4.92 Å². The molecule has 0 saturated carbocycles. The number of ether oxygens (including phenoxy) is 2. The molecule has 8 nitrogen and oxygen atoms in total. The van der Waals surface area contributed by atoms with Crippen LogP contribution in [0.4, 0.5) is 11.4 Å². The summed E-state index contributed by atoms with van der Waals surface area (Å²) < 4.78 is 10.2. The van der Waals surface area contributed by atoms with E-state index in [1.165, 1.54) is 24.8 Å². The molecule has 0 unspecified atom stereocenters. The number of nitrogens with zero attached hydrogens (tertiary/aromatic N) is 2. The van der Waals surface area contributed by atoms with Crippen LogP contribution >= 0.6 is 0 Å². The number of carbonyl (C=O) groups is 1. The minimum Gasteiger partial charge on any atom is -0.497 e. The van der Waals surface area contributed by atoms with E-state index in [4.69, 9.17) is 9.47 Å². The third-order valence-corrected chi connectivity index (χ3v) is 5.43. The van der Waals surface area contributed by atoms with Gasteiger partial charge in [-0.25, -0.2) is 0 Å². The fourth-order valence-electron chi connectivity index (χ4n) is 3.73. The first-order valence-corrected chi connectivity index (χ1v) is 9.96. The van der Waals surface area contributed by atoms with Crippen molar-refractivity contribution in [1.82, 2.24) is 4.90 Å². The second kappa shape index (κ2) is 10.1. The van der Waals surface area contributed by atoms with E-state index >= 15 is 0 Å². The molecule has 0 radical (unpaired) electrons. The second-order valence-electron chi connectivity index (χ2n) is 7.46. The number of benzene rings is 2. The van der Waals surface area contributed by atoms with Crippen LogP contribution in [0.15, 0.2) is 42.5 Å². The average Bonchev–Trinajstić information content (AvgIpc) is 2.75. The van der Waals surface area contributed by atoms with E-state index in [9.17, 15) is 14.9 Å². The Morgan fingerprint density at radius 2 is 1.73 bits per heavy atom. The van der Waals surface area contributed by atoms with Crippen LogP contribution in [0, 0.1) is 16.0 Å². The summed E-state index contributed by atoms with van der Waals surface area (Å²) in [5.74, 6) is 1.56. The van der Waals surface area contributed by atoms with Gasteiger partial charge in [-0.15, -0.1) is 0 Å². The minimum absolute atomic E-state index is 0.180. The number of anilines is 1. The standard InChI is InChI=1S/C22H27N3O5/c1-29-18-5-3-16(4-6-18)13-17-9-11-24(12-10-17)15-22(26)23-20-8-7-19(30-2)14-21(20)25(27)28/h3-8,14,17H,9-13,15H2,1-2H3,(H,23,26). The third kappa shape index (κ3) is 5.70. The Hall–Kier alpha value is -3.13. The molecule has 0 spiro atoms. The molecule has 0 aliphatic carbocycles. The molecule has 1 N–H and O–H groups in total. The van der Waals surface area contributed by atoms with Crippen molar-refractivity contribution in [3.63, 3.8) is 0 Å². The monoisotopic (exact) mass is 413 g/mol. The largest absolute Gasteiger partial charge is 0.497 e. The molecular weight excluding hydrogens is 386 g/mol. The quantitative estimate of drug-likeness (QED) is 0.526. The van der Waals surface area contributed by atoms with Gasteiger partial charge >= 0.3 is 0 Å². The number of nitro benzene ring substituents is 1. The van der Waals surface area contributed by atoms with E-state index in [0.717, 1.165) is 38.1 Å². The number of nitrogens with one attached hydrogen (secondary N) is 1. The zero-order valence-electron chi connectivity index (χ0n) is 17.3. The first-order valence-electron chi connectivity index (χ1n) is 9.96. The topological polar surface area (TPSA) is 93.9 Å². The Morgan fingerprint density at radius 1 is 1.10 bits per heavy atom. The van der Waals surface area contributed by atoms with Crippen molar-refractivity contribution in [2.45, 2.75) is 19.3 Å². The lowest BCUT2D eigenvalue weighted by Gasteiger charge is -2.31. The molecule has 0 aromatic heterocycles. The van der Waals surface area contributed by atoms with Gasteiger partial charge in [0, 0.05) is 0 Å². The van der Waals surface area contributed by atoms with Crippen LogP contribution in [0.25, 0.3) is 0 Å². The Kier molecular flexibility index (Phi) is 7.24. The molecule has 0 bridgehead atoms. The molecule has 160 valence electrons. The Morgan fingerprint density at radius 3 is 2.33 bits per heavy atom. The molecule has 1 aliphatic rings. The first kappa shape index (κ1) is 21.6. The van der Waals surface area contributed by atoms with Crippen molar-refractivity contribution in [3.8, 4) is 11.5 Å². The summed E-state index contributed by atoms with van der Waals surface area (Å²) in [7, 11) is 3.10. The highest BCUT2D eigenvalue weighted by atomic mass is 16.6. The van der Waals surface area contributed by atoms with Gasteiger partial charge < -0.3 is 14.8 Å². The molecule has 1 fully saturated rings. The highest BCUT2D eigenvalue weighted by molar-refractivity contribution is 5.94. The first-order chi connectivity index (χ1) is 14.5. The zero-order chi connectivity index (χ0) is 21.5. The summed E-state index contributed by atoms with van der Waals surface area (Å²) in [6.07, 6.45) is 3.05. The van der Waals surface area contributed by atoms with E-state index in [2.05, 4.69) is 22.3 Å². The number of likely N-dealkylation sites (tertiary alicyclic amines) is 1. The van der Waals surface area contributed by atoms with E-state index in [1.807, 2.05) is 12.1 Å². The highest BCUT2D eigenvalue weighted by Crippen LogP contribution is 2.29. The summed E-state index contributed by atoms with van der Waals surface area (Å²) in [5, 5.41) is 13.9. The van der Waals surface area contributed by atoms with Gasteiger partial charge in [-0.1, -0.05) is 12.1 Å². The van der Waals surface area contributed by atoms with Crippen molar-refractivity contribution < 1.29 is 19.2 Å². The van der Waals surface area contributed by atoms with Crippen molar-refractivity contribution >= 4 is 17.3 Å². The highest BCUT2D eigenvalue weighted by Gasteiger charge is 2.23. The molecule has 3 rings (SSSR count). The van der Waals surface area contributed by atoms with Gasteiger partial charge in [0.1, 0.15) is 17.2 Å². The summed E-state index contributed by atoms with van der Waals surface area (Å²) in [4.78, 5) is 25.3. The molecule has 0 atom stereocenters. The fourth-order valence-corrected chi connectivity index (χ4v) is 3.73.